The Morgan fingerprint density at radius 1 is 1.15 bits per heavy atom. The second-order valence-corrected chi connectivity index (χ2v) is 12.7. The van der Waals surface area contributed by atoms with Gasteiger partial charge in [0.1, 0.15) is 34.1 Å². The highest BCUT2D eigenvalue weighted by atomic mass is 35.5. The van der Waals surface area contributed by atoms with Crippen LogP contribution in [0.1, 0.15) is 39.2 Å². The SMILES string of the molecule is COc1ccc(CN(c2ncns2)S(=O)(=O)c2cc(Cl)c(N(CCCCO)C(=O)OC(C)(C)C)cc2F)c(OC)c1. The number of benzene rings is 2. The Morgan fingerprint density at radius 2 is 1.88 bits per heavy atom. The van der Waals surface area contributed by atoms with Crippen molar-refractivity contribution in [1.29, 1.82) is 0 Å². The number of nitrogens with zero attached hydrogens (tertiary/aromatic N) is 4. The topological polar surface area (TPSA) is 131 Å². The van der Waals surface area contributed by atoms with Crippen LogP contribution >= 0.6 is 23.1 Å². The standard InChI is InChI=1S/C26H32ClFN4O7S2/c1-26(2,3)39-25(34)31(10-6-7-11-33)21-14-20(28)23(13-19(21)27)41(35,36)32(24-29-16-30-40-24)15-17-8-9-18(37-4)12-22(17)38-5/h8-9,12-14,16,33H,6-7,10-11,15H2,1-5H3. The van der Waals surface area contributed by atoms with Gasteiger partial charge in [-0.25, -0.2) is 26.9 Å². The first-order valence-electron chi connectivity index (χ1n) is 12.4. The molecule has 3 aromatic rings. The van der Waals surface area contributed by atoms with Gasteiger partial charge < -0.3 is 19.3 Å². The molecule has 2 aromatic carbocycles. The molecule has 3 rings (SSSR count). The fraction of sp³-hybridized carbons (Fsp3) is 0.423. The summed E-state index contributed by atoms with van der Waals surface area (Å²) in [5, 5.41) is 8.97. The van der Waals surface area contributed by atoms with E-state index in [1.54, 1.807) is 39.0 Å². The number of sulfonamides is 1. The highest BCUT2D eigenvalue weighted by molar-refractivity contribution is 7.93. The number of hydrogen-bond acceptors (Lipinski definition) is 10. The Kier molecular flexibility index (Phi) is 10.8. The van der Waals surface area contributed by atoms with Gasteiger partial charge in [-0.2, -0.15) is 4.37 Å². The van der Waals surface area contributed by atoms with Crippen molar-refractivity contribution in [2.24, 2.45) is 0 Å². The molecule has 0 radical (unpaired) electrons. The number of carbonyl (C=O) groups excluding carboxylic acids is 1. The van der Waals surface area contributed by atoms with Crippen molar-refractivity contribution in [3.63, 3.8) is 0 Å². The van der Waals surface area contributed by atoms with Crippen LogP contribution in [0.3, 0.4) is 0 Å². The highest BCUT2D eigenvalue weighted by Crippen LogP contribution is 2.36. The van der Waals surface area contributed by atoms with Crippen molar-refractivity contribution in [2.45, 2.75) is 50.7 Å². The third kappa shape index (κ3) is 7.97. The summed E-state index contributed by atoms with van der Waals surface area (Å²) in [5.74, 6) is -0.298. The quantitative estimate of drug-likeness (QED) is 0.266. The van der Waals surface area contributed by atoms with Gasteiger partial charge in [0.25, 0.3) is 10.0 Å². The molecule has 0 bridgehead atoms. The third-order valence-corrected chi connectivity index (χ3v) is 8.49. The third-order valence-electron chi connectivity index (χ3n) is 5.64. The average Bonchev–Trinajstić information content (AvgIpc) is 3.44. The van der Waals surface area contributed by atoms with Gasteiger partial charge in [0.05, 0.1) is 31.5 Å². The van der Waals surface area contributed by atoms with Gasteiger partial charge in [0.15, 0.2) is 0 Å². The lowest BCUT2D eigenvalue weighted by Gasteiger charge is -2.28. The van der Waals surface area contributed by atoms with Crippen molar-refractivity contribution < 1.29 is 36.9 Å². The molecule has 1 heterocycles. The smallest absolute Gasteiger partial charge is 0.414 e. The Labute approximate surface area is 247 Å². The lowest BCUT2D eigenvalue weighted by Crippen LogP contribution is -2.38. The minimum Gasteiger partial charge on any atom is -0.497 e. The summed E-state index contributed by atoms with van der Waals surface area (Å²) in [5.41, 5.74) is -0.476. The zero-order chi connectivity index (χ0) is 30.4. The molecular formula is C26H32ClFN4O7S2. The molecule has 1 aromatic heterocycles. The van der Waals surface area contributed by atoms with Crippen molar-refractivity contribution >= 4 is 50.1 Å². The average molecular weight is 631 g/mol. The van der Waals surface area contributed by atoms with Gasteiger partial charge in [-0.15, -0.1) is 0 Å². The highest BCUT2D eigenvalue weighted by Gasteiger charge is 2.33. The van der Waals surface area contributed by atoms with Gasteiger partial charge in [0, 0.05) is 42.4 Å². The number of aliphatic hydroxyl groups is 1. The maximum absolute atomic E-state index is 15.7. The van der Waals surface area contributed by atoms with E-state index < -0.39 is 32.4 Å². The summed E-state index contributed by atoms with van der Waals surface area (Å²) < 4.78 is 64.4. The summed E-state index contributed by atoms with van der Waals surface area (Å²) in [6.07, 6.45) is 1.12. The molecule has 0 fully saturated rings. The molecule has 0 saturated heterocycles. The Hall–Kier alpha value is -3.20. The number of rotatable bonds is 12. The summed E-state index contributed by atoms with van der Waals surface area (Å²) >= 11 is 7.30. The first-order chi connectivity index (χ1) is 19.3. The number of unbranched alkanes of at least 4 members (excludes halogenated alkanes) is 1. The number of anilines is 2. The summed E-state index contributed by atoms with van der Waals surface area (Å²) in [7, 11) is -1.69. The second kappa shape index (κ2) is 13.6. The lowest BCUT2D eigenvalue weighted by molar-refractivity contribution is 0.0579. The van der Waals surface area contributed by atoms with Gasteiger partial charge in [-0.1, -0.05) is 11.6 Å². The van der Waals surface area contributed by atoms with E-state index in [1.807, 2.05) is 0 Å². The molecule has 15 heteroatoms. The number of aromatic nitrogens is 2. The van der Waals surface area contributed by atoms with E-state index in [4.69, 9.17) is 25.8 Å². The van der Waals surface area contributed by atoms with E-state index in [0.717, 1.165) is 32.9 Å². The van der Waals surface area contributed by atoms with E-state index in [9.17, 15) is 18.3 Å². The molecule has 1 N–H and O–H groups in total. The van der Waals surface area contributed by atoms with Crippen molar-refractivity contribution in [1.82, 2.24) is 9.36 Å². The molecular weight excluding hydrogens is 599 g/mol. The maximum Gasteiger partial charge on any atom is 0.414 e. The Balaban J connectivity index is 2.07. The van der Waals surface area contributed by atoms with Crippen LogP contribution in [0.4, 0.5) is 20.0 Å². The second-order valence-electron chi connectivity index (χ2n) is 9.71. The largest absolute Gasteiger partial charge is 0.497 e. The van der Waals surface area contributed by atoms with E-state index >= 15 is 4.39 Å². The monoisotopic (exact) mass is 630 g/mol. The van der Waals surface area contributed by atoms with Crippen molar-refractivity contribution in [3.05, 3.63) is 53.1 Å². The number of hydrogen-bond donors (Lipinski definition) is 1. The zero-order valence-corrected chi connectivity index (χ0v) is 25.6. The molecule has 11 nitrogen and oxygen atoms in total. The van der Waals surface area contributed by atoms with Crippen LogP contribution in [0.2, 0.25) is 5.02 Å². The van der Waals surface area contributed by atoms with Crippen LogP contribution in [-0.4, -0.2) is 61.9 Å². The molecule has 0 aliphatic carbocycles. The van der Waals surface area contributed by atoms with E-state index in [-0.39, 0.29) is 35.5 Å². The molecule has 224 valence electrons. The van der Waals surface area contributed by atoms with E-state index in [2.05, 4.69) is 9.36 Å². The van der Waals surface area contributed by atoms with Crippen LogP contribution in [-0.2, 0) is 21.3 Å². The number of ether oxygens (including phenoxy) is 3. The predicted octanol–water partition coefficient (Wildman–Crippen LogP) is 5.26. The molecule has 41 heavy (non-hydrogen) atoms. The fourth-order valence-electron chi connectivity index (χ4n) is 3.72. The molecule has 0 unspecified atom stereocenters. The predicted molar refractivity (Wildman–Crippen MR) is 154 cm³/mol. The molecule has 0 saturated carbocycles. The first kappa shape index (κ1) is 32.3. The minimum atomic E-state index is -4.60. The summed E-state index contributed by atoms with van der Waals surface area (Å²) in [6.45, 7) is 4.70. The Bertz CT molecular complexity index is 1450. The van der Waals surface area contributed by atoms with Gasteiger partial charge in [-0.3, -0.25) is 4.90 Å². The van der Waals surface area contributed by atoms with Crippen LogP contribution in [0.15, 0.2) is 41.6 Å². The van der Waals surface area contributed by atoms with Crippen LogP contribution in [0.25, 0.3) is 0 Å². The molecule has 0 spiro atoms. The number of aliphatic hydroxyl groups excluding tert-OH is 1. The fourth-order valence-corrected chi connectivity index (χ4v) is 6.25. The van der Waals surface area contributed by atoms with Crippen LogP contribution < -0.4 is 18.7 Å². The maximum atomic E-state index is 15.7. The number of amides is 1. The van der Waals surface area contributed by atoms with Crippen molar-refractivity contribution in [3.8, 4) is 11.5 Å². The lowest BCUT2D eigenvalue weighted by atomic mass is 10.2. The first-order valence-corrected chi connectivity index (χ1v) is 15.0. The van der Waals surface area contributed by atoms with Crippen LogP contribution in [0, 0.1) is 5.82 Å². The normalized spacial score (nSPS) is 11.7. The summed E-state index contributed by atoms with van der Waals surface area (Å²) in [4.78, 5) is 17.4. The molecule has 0 aliphatic heterocycles. The van der Waals surface area contributed by atoms with Crippen molar-refractivity contribution in [2.75, 3.05) is 36.6 Å². The summed E-state index contributed by atoms with van der Waals surface area (Å²) in [6, 6.07) is 6.68. The number of carbonyl (C=O) groups is 1. The zero-order valence-electron chi connectivity index (χ0n) is 23.3. The van der Waals surface area contributed by atoms with E-state index in [0.29, 0.717) is 29.9 Å². The van der Waals surface area contributed by atoms with Gasteiger partial charge in [-0.05, 0) is 51.8 Å². The molecule has 0 aliphatic rings. The molecule has 0 atom stereocenters. The Morgan fingerprint density at radius 3 is 2.46 bits per heavy atom. The van der Waals surface area contributed by atoms with Gasteiger partial charge >= 0.3 is 6.09 Å². The minimum absolute atomic E-state index is 0.0122. The van der Waals surface area contributed by atoms with Gasteiger partial charge in [0.2, 0.25) is 5.13 Å². The molecule has 1 amide bonds. The number of methoxy groups -OCH3 is 2. The van der Waals surface area contributed by atoms with E-state index in [1.165, 1.54) is 20.5 Å². The van der Waals surface area contributed by atoms with Crippen LogP contribution in [0.5, 0.6) is 11.5 Å². The number of halogens is 2.